The van der Waals surface area contributed by atoms with Gasteiger partial charge in [0, 0.05) is 24.8 Å². The van der Waals surface area contributed by atoms with E-state index in [0.29, 0.717) is 42.9 Å². The number of piperidine rings is 1. The maximum atomic E-state index is 13.0. The van der Waals surface area contributed by atoms with Crippen LogP contribution >= 0.6 is 0 Å². The summed E-state index contributed by atoms with van der Waals surface area (Å²) < 4.78 is 0. The molecule has 3 aliphatic rings. The van der Waals surface area contributed by atoms with Gasteiger partial charge in [0.1, 0.15) is 0 Å². The first kappa shape index (κ1) is 22.6. The Morgan fingerprint density at radius 1 is 1.12 bits per heavy atom. The second-order valence-corrected chi connectivity index (χ2v) is 9.56. The monoisotopic (exact) mass is 442 g/mol. The molecule has 8 nitrogen and oxygen atoms in total. The third kappa shape index (κ3) is 5.06. The molecule has 0 radical (unpaired) electrons. The number of amides is 3. The molecule has 1 heterocycles. The standard InChI is InChI=1S/C24H34N4O4/c29-17-28(32)16-24(14-21(24)18-6-4-5-7-18)23(31)25-15-22(30)27-12-10-20(11-13-27)26-19-8-2-1-3-9-19/h1-3,8-9,17-18,20-21,26,32H,4-7,10-16H2,(H,25,31)/t21-,24?/m0/s1. The smallest absolute Gasteiger partial charge is 0.241 e. The van der Waals surface area contributed by atoms with Gasteiger partial charge in [-0.25, -0.2) is 5.06 Å². The second-order valence-electron chi connectivity index (χ2n) is 9.56. The minimum atomic E-state index is -0.766. The lowest BCUT2D eigenvalue weighted by Gasteiger charge is -2.33. The van der Waals surface area contributed by atoms with Gasteiger partial charge in [0.15, 0.2) is 0 Å². The molecule has 1 aliphatic heterocycles. The quantitative estimate of drug-likeness (QED) is 0.309. The van der Waals surface area contributed by atoms with Crippen LogP contribution in [0.3, 0.4) is 0 Å². The molecule has 174 valence electrons. The van der Waals surface area contributed by atoms with Gasteiger partial charge in [0.2, 0.25) is 18.2 Å². The number of likely N-dealkylation sites (tertiary alicyclic amines) is 1. The van der Waals surface area contributed by atoms with Crippen molar-refractivity contribution in [3.05, 3.63) is 30.3 Å². The first-order valence-electron chi connectivity index (χ1n) is 11.8. The molecule has 4 rings (SSSR count). The topological polar surface area (TPSA) is 102 Å². The lowest BCUT2D eigenvalue weighted by atomic mass is 9.92. The minimum absolute atomic E-state index is 0.00571. The van der Waals surface area contributed by atoms with Gasteiger partial charge in [-0.3, -0.25) is 19.6 Å². The first-order valence-corrected chi connectivity index (χ1v) is 11.8. The molecule has 1 unspecified atom stereocenters. The lowest BCUT2D eigenvalue weighted by molar-refractivity contribution is -0.157. The number of anilines is 1. The molecule has 0 spiro atoms. The van der Waals surface area contributed by atoms with Crippen molar-refractivity contribution in [1.29, 1.82) is 0 Å². The Bertz CT molecular complexity index is 805. The molecule has 0 bridgehead atoms. The summed E-state index contributed by atoms with van der Waals surface area (Å²) in [6.07, 6.45) is 7.26. The van der Waals surface area contributed by atoms with E-state index in [4.69, 9.17) is 0 Å². The van der Waals surface area contributed by atoms with Crippen molar-refractivity contribution in [2.45, 2.75) is 51.0 Å². The summed E-state index contributed by atoms with van der Waals surface area (Å²) in [7, 11) is 0. The molecule has 3 fully saturated rings. The van der Waals surface area contributed by atoms with Crippen molar-refractivity contribution in [2.24, 2.45) is 17.3 Å². The third-order valence-electron chi connectivity index (χ3n) is 7.51. The van der Waals surface area contributed by atoms with E-state index in [1.54, 1.807) is 4.90 Å². The van der Waals surface area contributed by atoms with E-state index < -0.39 is 5.41 Å². The number of hydrogen-bond donors (Lipinski definition) is 3. The molecule has 0 aromatic heterocycles. The van der Waals surface area contributed by atoms with Gasteiger partial charge in [-0.15, -0.1) is 0 Å². The number of hydrogen-bond acceptors (Lipinski definition) is 5. The van der Waals surface area contributed by atoms with Crippen molar-refractivity contribution < 1.29 is 19.6 Å². The van der Waals surface area contributed by atoms with Gasteiger partial charge in [-0.05, 0) is 43.2 Å². The fourth-order valence-electron chi connectivity index (χ4n) is 5.64. The Labute approximate surface area is 189 Å². The maximum Gasteiger partial charge on any atom is 0.241 e. The number of carbonyl (C=O) groups excluding carboxylic acids is 3. The van der Waals surface area contributed by atoms with Crippen molar-refractivity contribution in [3.8, 4) is 0 Å². The van der Waals surface area contributed by atoms with Crippen LogP contribution in [0, 0.1) is 17.3 Å². The highest BCUT2D eigenvalue weighted by molar-refractivity contribution is 5.90. The zero-order valence-corrected chi connectivity index (χ0v) is 18.5. The Morgan fingerprint density at radius 3 is 2.47 bits per heavy atom. The normalized spacial score (nSPS) is 25.9. The van der Waals surface area contributed by atoms with Crippen LogP contribution in [-0.4, -0.2) is 65.6 Å². The summed E-state index contributed by atoms with van der Waals surface area (Å²) in [4.78, 5) is 38.5. The van der Waals surface area contributed by atoms with Gasteiger partial charge in [-0.1, -0.05) is 43.9 Å². The van der Waals surface area contributed by atoms with Crippen LogP contribution in [0.5, 0.6) is 0 Å². The molecule has 3 amide bonds. The maximum absolute atomic E-state index is 13.0. The number of para-hydroxylation sites is 1. The fraction of sp³-hybridized carbons (Fsp3) is 0.625. The number of nitrogens with one attached hydrogen (secondary N) is 2. The number of rotatable bonds is 9. The molecule has 32 heavy (non-hydrogen) atoms. The zero-order valence-electron chi connectivity index (χ0n) is 18.5. The van der Waals surface area contributed by atoms with Crippen molar-refractivity contribution >= 4 is 23.9 Å². The average molecular weight is 443 g/mol. The highest BCUT2D eigenvalue weighted by atomic mass is 16.5. The van der Waals surface area contributed by atoms with Crippen LogP contribution in [0.15, 0.2) is 30.3 Å². The summed E-state index contributed by atoms with van der Waals surface area (Å²) in [6.45, 7) is 1.27. The van der Waals surface area contributed by atoms with Crippen LogP contribution in [0.1, 0.15) is 44.9 Å². The summed E-state index contributed by atoms with van der Waals surface area (Å²) in [5.41, 5.74) is 0.321. The minimum Gasteiger partial charge on any atom is -0.382 e. The highest BCUT2D eigenvalue weighted by Crippen LogP contribution is 2.60. The number of hydroxylamine groups is 2. The van der Waals surface area contributed by atoms with Crippen LogP contribution in [0.4, 0.5) is 5.69 Å². The van der Waals surface area contributed by atoms with Gasteiger partial charge < -0.3 is 15.5 Å². The first-order chi connectivity index (χ1) is 15.5. The SMILES string of the molecule is O=CN(O)CC1(C(=O)NCC(=O)N2CCC(Nc3ccccc3)CC2)C[C@H]1C1CCCC1. The predicted octanol–water partition coefficient (Wildman–Crippen LogP) is 2.25. The van der Waals surface area contributed by atoms with Crippen molar-refractivity contribution in [1.82, 2.24) is 15.3 Å². The Hall–Kier alpha value is -2.61. The molecule has 1 aromatic rings. The van der Waals surface area contributed by atoms with E-state index in [-0.39, 0.29) is 30.8 Å². The molecular formula is C24H34N4O4. The number of nitrogens with zero attached hydrogens (tertiary/aromatic N) is 2. The van der Waals surface area contributed by atoms with E-state index in [9.17, 15) is 19.6 Å². The molecule has 3 N–H and O–H groups in total. The van der Waals surface area contributed by atoms with Gasteiger partial charge >= 0.3 is 0 Å². The zero-order chi connectivity index (χ0) is 22.6. The summed E-state index contributed by atoms with van der Waals surface area (Å²) in [6, 6.07) is 10.4. The van der Waals surface area contributed by atoms with Crippen LogP contribution in [0.25, 0.3) is 0 Å². The molecule has 8 heteroatoms. The molecule has 1 saturated heterocycles. The van der Waals surface area contributed by atoms with Crippen LogP contribution in [0.2, 0.25) is 0 Å². The molecule has 2 aliphatic carbocycles. The molecule has 2 saturated carbocycles. The molecular weight excluding hydrogens is 408 g/mol. The van der Waals surface area contributed by atoms with E-state index in [2.05, 4.69) is 10.6 Å². The largest absolute Gasteiger partial charge is 0.382 e. The van der Waals surface area contributed by atoms with Crippen molar-refractivity contribution in [2.75, 3.05) is 31.5 Å². The predicted molar refractivity (Wildman–Crippen MR) is 120 cm³/mol. The third-order valence-corrected chi connectivity index (χ3v) is 7.51. The van der Waals surface area contributed by atoms with Crippen molar-refractivity contribution in [3.63, 3.8) is 0 Å². The van der Waals surface area contributed by atoms with E-state index in [1.807, 2.05) is 30.3 Å². The Morgan fingerprint density at radius 2 is 1.81 bits per heavy atom. The Balaban J connectivity index is 1.25. The molecule has 1 aromatic carbocycles. The van der Waals surface area contributed by atoms with Gasteiger partial charge in [0.05, 0.1) is 18.5 Å². The number of carbonyl (C=O) groups is 3. The second kappa shape index (κ2) is 9.90. The average Bonchev–Trinajstić information content (AvgIpc) is 3.28. The fourth-order valence-corrected chi connectivity index (χ4v) is 5.64. The van der Waals surface area contributed by atoms with Crippen LogP contribution in [-0.2, 0) is 14.4 Å². The van der Waals surface area contributed by atoms with Crippen LogP contribution < -0.4 is 10.6 Å². The lowest BCUT2D eigenvalue weighted by Crippen LogP contribution is -2.48. The Kier molecular flexibility index (Phi) is 6.98. The summed E-state index contributed by atoms with van der Waals surface area (Å²) >= 11 is 0. The highest BCUT2D eigenvalue weighted by Gasteiger charge is 2.63. The molecule has 2 atom stereocenters. The summed E-state index contributed by atoms with van der Waals surface area (Å²) in [5, 5.41) is 16.7. The van der Waals surface area contributed by atoms with E-state index in [0.717, 1.165) is 31.4 Å². The van der Waals surface area contributed by atoms with E-state index in [1.165, 1.54) is 12.8 Å². The van der Waals surface area contributed by atoms with Gasteiger partial charge in [-0.2, -0.15) is 0 Å². The number of benzene rings is 1. The van der Waals surface area contributed by atoms with E-state index >= 15 is 0 Å². The summed E-state index contributed by atoms with van der Waals surface area (Å²) in [5.74, 6) is 0.340. The van der Waals surface area contributed by atoms with Gasteiger partial charge in [0.25, 0.3) is 0 Å².